The average Bonchev–Trinajstić information content (AvgIpc) is 2.82. The lowest BCUT2D eigenvalue weighted by Gasteiger charge is -2.29. The Morgan fingerprint density at radius 1 is 1.53 bits per heavy atom. The molecular formula is C12H11BrN2OS. The number of nitrogens with zero attached hydrogens (tertiary/aromatic N) is 2. The van der Waals surface area contributed by atoms with Gasteiger partial charge in [-0.1, -0.05) is 6.07 Å². The van der Waals surface area contributed by atoms with Crippen LogP contribution in [0.5, 0.6) is 5.75 Å². The van der Waals surface area contributed by atoms with Crippen LogP contribution in [-0.4, -0.2) is 18.1 Å². The summed E-state index contributed by atoms with van der Waals surface area (Å²) in [7, 11) is 0. The summed E-state index contributed by atoms with van der Waals surface area (Å²) >= 11 is 5.19. The number of hydrogen-bond acceptors (Lipinski definition) is 4. The minimum Gasteiger partial charge on any atom is -0.488 e. The molecule has 0 atom stereocenters. The summed E-state index contributed by atoms with van der Waals surface area (Å²) in [6.45, 7) is 2.51. The van der Waals surface area contributed by atoms with Gasteiger partial charge in [-0.15, -0.1) is 11.3 Å². The summed E-state index contributed by atoms with van der Waals surface area (Å²) in [5, 5.41) is 2.10. The summed E-state index contributed by atoms with van der Waals surface area (Å²) < 4.78 is 6.58. The van der Waals surface area contributed by atoms with Crippen LogP contribution in [0.1, 0.15) is 4.88 Å². The zero-order valence-corrected chi connectivity index (χ0v) is 11.5. The van der Waals surface area contributed by atoms with Crippen molar-refractivity contribution in [2.45, 2.75) is 6.54 Å². The highest BCUT2D eigenvalue weighted by Gasteiger charge is 2.20. The molecule has 0 saturated heterocycles. The van der Waals surface area contributed by atoms with Crippen LogP contribution in [0.4, 0.5) is 5.82 Å². The minimum absolute atomic E-state index is 0.719. The Balaban J connectivity index is 1.89. The molecular weight excluding hydrogens is 300 g/mol. The van der Waals surface area contributed by atoms with E-state index in [0.29, 0.717) is 0 Å². The Hall–Kier alpha value is -1.07. The number of halogens is 1. The maximum Gasteiger partial charge on any atom is 0.171 e. The summed E-state index contributed by atoms with van der Waals surface area (Å²) in [5.74, 6) is 1.80. The fraction of sp³-hybridized carbons (Fsp3) is 0.250. The van der Waals surface area contributed by atoms with Crippen LogP contribution < -0.4 is 9.64 Å². The predicted octanol–water partition coefficient (Wildman–Crippen LogP) is 3.30. The van der Waals surface area contributed by atoms with Gasteiger partial charge in [0.1, 0.15) is 6.61 Å². The maximum absolute atomic E-state index is 5.62. The van der Waals surface area contributed by atoms with E-state index in [0.717, 1.165) is 35.7 Å². The lowest BCUT2D eigenvalue weighted by atomic mass is 10.3. The van der Waals surface area contributed by atoms with E-state index in [-0.39, 0.29) is 0 Å². The predicted molar refractivity (Wildman–Crippen MR) is 72.8 cm³/mol. The number of anilines is 1. The third-order valence-electron chi connectivity index (χ3n) is 2.64. The SMILES string of the molecule is Brc1cnc2c(c1)OCCN2Cc1cccs1. The smallest absolute Gasteiger partial charge is 0.171 e. The standard InChI is InChI=1S/C12H11BrN2OS/c13-9-6-11-12(14-7-9)15(3-4-16-11)8-10-2-1-5-17-10/h1-2,5-7H,3-4,8H2. The largest absolute Gasteiger partial charge is 0.488 e. The molecule has 17 heavy (non-hydrogen) atoms. The summed E-state index contributed by atoms with van der Waals surface area (Å²) in [4.78, 5) is 8.05. The van der Waals surface area contributed by atoms with E-state index in [9.17, 15) is 0 Å². The molecule has 0 saturated carbocycles. The van der Waals surface area contributed by atoms with Crippen molar-refractivity contribution in [1.82, 2.24) is 4.98 Å². The molecule has 2 aromatic heterocycles. The topological polar surface area (TPSA) is 25.4 Å². The molecule has 0 aromatic carbocycles. The molecule has 3 nitrogen and oxygen atoms in total. The molecule has 5 heteroatoms. The highest BCUT2D eigenvalue weighted by molar-refractivity contribution is 9.10. The van der Waals surface area contributed by atoms with Crippen LogP contribution in [0.15, 0.2) is 34.2 Å². The van der Waals surface area contributed by atoms with Crippen LogP contribution >= 0.6 is 27.3 Å². The summed E-state index contributed by atoms with van der Waals surface area (Å²) in [6.07, 6.45) is 1.81. The fourth-order valence-electron chi connectivity index (χ4n) is 1.87. The number of rotatable bonds is 2. The van der Waals surface area contributed by atoms with Gasteiger partial charge in [0.25, 0.3) is 0 Å². The molecule has 3 rings (SSSR count). The van der Waals surface area contributed by atoms with Gasteiger partial charge >= 0.3 is 0 Å². The molecule has 0 bridgehead atoms. The molecule has 0 fully saturated rings. The highest BCUT2D eigenvalue weighted by Crippen LogP contribution is 2.32. The quantitative estimate of drug-likeness (QED) is 0.851. The normalized spacial score (nSPS) is 14.3. The number of fused-ring (bicyclic) bond motifs is 1. The van der Waals surface area contributed by atoms with E-state index in [1.807, 2.05) is 12.3 Å². The van der Waals surface area contributed by atoms with E-state index >= 15 is 0 Å². The van der Waals surface area contributed by atoms with Crippen LogP contribution in [0, 0.1) is 0 Å². The number of aromatic nitrogens is 1. The van der Waals surface area contributed by atoms with Crippen LogP contribution in [0.2, 0.25) is 0 Å². The van der Waals surface area contributed by atoms with Gasteiger partial charge in [-0.05, 0) is 33.4 Å². The Kier molecular flexibility index (Phi) is 3.03. The second kappa shape index (κ2) is 4.66. The molecule has 88 valence electrons. The van der Waals surface area contributed by atoms with Gasteiger partial charge in [0.15, 0.2) is 11.6 Å². The summed E-state index contributed by atoms with van der Waals surface area (Å²) in [6, 6.07) is 6.21. The fourth-order valence-corrected chi connectivity index (χ4v) is 2.90. The van der Waals surface area contributed by atoms with Crippen molar-refractivity contribution in [2.75, 3.05) is 18.1 Å². The number of ether oxygens (including phenoxy) is 1. The number of thiophene rings is 1. The molecule has 0 N–H and O–H groups in total. The second-order valence-electron chi connectivity index (χ2n) is 3.82. The lowest BCUT2D eigenvalue weighted by molar-refractivity contribution is 0.304. The van der Waals surface area contributed by atoms with Crippen molar-refractivity contribution < 1.29 is 4.74 Å². The van der Waals surface area contributed by atoms with Crippen molar-refractivity contribution >= 4 is 33.1 Å². The van der Waals surface area contributed by atoms with Crippen LogP contribution in [0.3, 0.4) is 0 Å². The molecule has 3 heterocycles. The number of hydrogen-bond donors (Lipinski definition) is 0. The van der Waals surface area contributed by atoms with E-state index in [2.05, 4.69) is 43.3 Å². The van der Waals surface area contributed by atoms with Gasteiger partial charge in [-0.25, -0.2) is 4.98 Å². The van der Waals surface area contributed by atoms with Gasteiger partial charge in [-0.3, -0.25) is 0 Å². The third-order valence-corrected chi connectivity index (χ3v) is 3.94. The van der Waals surface area contributed by atoms with Gasteiger partial charge < -0.3 is 9.64 Å². The Labute approximate surface area is 112 Å². The van der Waals surface area contributed by atoms with Crippen LogP contribution in [0.25, 0.3) is 0 Å². The van der Waals surface area contributed by atoms with Crippen molar-refractivity contribution in [3.05, 3.63) is 39.1 Å². The first-order valence-corrected chi connectivity index (χ1v) is 7.06. The maximum atomic E-state index is 5.62. The van der Waals surface area contributed by atoms with Gasteiger partial charge in [0, 0.05) is 15.5 Å². The van der Waals surface area contributed by atoms with Gasteiger partial charge in [0.2, 0.25) is 0 Å². The van der Waals surface area contributed by atoms with Crippen molar-refractivity contribution in [3.63, 3.8) is 0 Å². The highest BCUT2D eigenvalue weighted by atomic mass is 79.9. The molecule has 1 aliphatic rings. The first-order chi connectivity index (χ1) is 8.33. The van der Waals surface area contributed by atoms with Crippen molar-refractivity contribution in [2.24, 2.45) is 0 Å². The Bertz CT molecular complexity index is 515. The zero-order valence-electron chi connectivity index (χ0n) is 9.10. The van der Waals surface area contributed by atoms with E-state index < -0.39 is 0 Å². The van der Waals surface area contributed by atoms with E-state index in [1.165, 1.54) is 4.88 Å². The average molecular weight is 311 g/mol. The van der Waals surface area contributed by atoms with Crippen molar-refractivity contribution in [1.29, 1.82) is 0 Å². The Morgan fingerprint density at radius 3 is 3.29 bits per heavy atom. The van der Waals surface area contributed by atoms with Gasteiger partial charge in [0.05, 0.1) is 13.1 Å². The summed E-state index contributed by atoms with van der Waals surface area (Å²) in [5.41, 5.74) is 0. The first kappa shape index (κ1) is 11.0. The Morgan fingerprint density at radius 2 is 2.47 bits per heavy atom. The lowest BCUT2D eigenvalue weighted by Crippen LogP contribution is -2.32. The van der Waals surface area contributed by atoms with Crippen LogP contribution in [-0.2, 0) is 6.54 Å². The molecule has 2 aromatic rings. The first-order valence-electron chi connectivity index (χ1n) is 5.38. The van der Waals surface area contributed by atoms with Crippen molar-refractivity contribution in [3.8, 4) is 5.75 Å². The second-order valence-corrected chi connectivity index (χ2v) is 5.77. The molecule has 0 aliphatic carbocycles. The zero-order chi connectivity index (χ0) is 11.7. The van der Waals surface area contributed by atoms with E-state index in [1.54, 1.807) is 11.3 Å². The third kappa shape index (κ3) is 2.30. The molecule has 0 amide bonds. The molecule has 0 radical (unpaired) electrons. The number of pyridine rings is 1. The molecule has 1 aliphatic heterocycles. The van der Waals surface area contributed by atoms with Gasteiger partial charge in [-0.2, -0.15) is 0 Å². The molecule has 0 spiro atoms. The monoisotopic (exact) mass is 310 g/mol. The van der Waals surface area contributed by atoms with E-state index in [4.69, 9.17) is 4.74 Å². The molecule has 0 unspecified atom stereocenters. The minimum atomic E-state index is 0.719.